The van der Waals surface area contributed by atoms with Gasteiger partial charge in [-0.3, -0.25) is 9.52 Å². The SMILES string of the molecule is COC(=O)[C@@H](C)OC(=O)Cc1ccc(NS(=O)(=O)c2ccc(F)cc2)cc1. The largest absolute Gasteiger partial charge is 0.466 e. The van der Waals surface area contributed by atoms with Crippen molar-refractivity contribution in [3.05, 3.63) is 59.9 Å². The quantitative estimate of drug-likeness (QED) is 0.722. The van der Waals surface area contributed by atoms with Crippen molar-refractivity contribution in [2.45, 2.75) is 24.3 Å². The van der Waals surface area contributed by atoms with Crippen molar-refractivity contribution in [1.29, 1.82) is 0 Å². The first kappa shape index (κ1) is 20.4. The average Bonchev–Trinajstić information content (AvgIpc) is 2.62. The number of anilines is 1. The average molecular weight is 395 g/mol. The van der Waals surface area contributed by atoms with Crippen LogP contribution in [0.25, 0.3) is 0 Å². The molecule has 2 aromatic rings. The summed E-state index contributed by atoms with van der Waals surface area (Å²) >= 11 is 0. The van der Waals surface area contributed by atoms with Crippen LogP contribution in [0.5, 0.6) is 0 Å². The number of ether oxygens (including phenoxy) is 2. The van der Waals surface area contributed by atoms with Gasteiger partial charge < -0.3 is 9.47 Å². The lowest BCUT2D eigenvalue weighted by atomic mass is 10.1. The summed E-state index contributed by atoms with van der Waals surface area (Å²) in [5.41, 5.74) is 0.848. The number of hydrogen-bond donors (Lipinski definition) is 1. The Morgan fingerprint density at radius 3 is 2.22 bits per heavy atom. The van der Waals surface area contributed by atoms with Crippen molar-refractivity contribution in [2.75, 3.05) is 11.8 Å². The van der Waals surface area contributed by atoms with E-state index in [1.165, 1.54) is 26.2 Å². The van der Waals surface area contributed by atoms with Crippen molar-refractivity contribution in [1.82, 2.24) is 0 Å². The van der Waals surface area contributed by atoms with E-state index < -0.39 is 33.9 Å². The van der Waals surface area contributed by atoms with Crippen LogP contribution in [0.4, 0.5) is 10.1 Å². The molecule has 0 aromatic heterocycles. The maximum atomic E-state index is 12.9. The molecule has 1 atom stereocenters. The first-order chi connectivity index (χ1) is 12.7. The lowest BCUT2D eigenvalue weighted by Crippen LogP contribution is -2.26. The smallest absolute Gasteiger partial charge is 0.346 e. The predicted octanol–water partition coefficient (Wildman–Crippen LogP) is 2.27. The number of carbonyl (C=O) groups excluding carboxylic acids is 2. The lowest BCUT2D eigenvalue weighted by molar-refractivity contribution is -0.164. The molecule has 0 radical (unpaired) electrons. The molecule has 0 aliphatic heterocycles. The number of hydrogen-bond acceptors (Lipinski definition) is 6. The first-order valence-corrected chi connectivity index (χ1v) is 9.34. The van der Waals surface area contributed by atoms with Crippen LogP contribution >= 0.6 is 0 Å². The number of sulfonamides is 1. The third kappa shape index (κ3) is 5.78. The highest BCUT2D eigenvalue weighted by molar-refractivity contribution is 7.92. The molecule has 0 unspecified atom stereocenters. The molecule has 7 nitrogen and oxygen atoms in total. The van der Waals surface area contributed by atoms with Gasteiger partial charge in [0.05, 0.1) is 18.4 Å². The first-order valence-electron chi connectivity index (χ1n) is 7.86. The highest BCUT2D eigenvalue weighted by atomic mass is 32.2. The molecule has 0 bridgehead atoms. The summed E-state index contributed by atoms with van der Waals surface area (Å²) in [5, 5.41) is 0. The van der Waals surface area contributed by atoms with Gasteiger partial charge in [0.2, 0.25) is 0 Å². The summed E-state index contributed by atoms with van der Waals surface area (Å²) in [6.45, 7) is 1.40. The van der Waals surface area contributed by atoms with Crippen LogP contribution in [-0.4, -0.2) is 33.6 Å². The third-order valence-corrected chi connectivity index (χ3v) is 4.92. The van der Waals surface area contributed by atoms with Gasteiger partial charge in [-0.05, 0) is 48.9 Å². The van der Waals surface area contributed by atoms with Gasteiger partial charge in [0.15, 0.2) is 6.10 Å². The molecule has 0 spiro atoms. The summed E-state index contributed by atoms with van der Waals surface area (Å²) in [5.74, 6) is -1.81. The number of benzene rings is 2. The number of rotatable bonds is 7. The number of esters is 2. The Hall–Kier alpha value is -2.94. The zero-order valence-electron chi connectivity index (χ0n) is 14.6. The van der Waals surface area contributed by atoms with E-state index in [1.54, 1.807) is 12.1 Å². The lowest BCUT2D eigenvalue weighted by Gasteiger charge is -2.11. The van der Waals surface area contributed by atoms with Crippen LogP contribution in [0.15, 0.2) is 53.4 Å². The van der Waals surface area contributed by atoms with Gasteiger partial charge in [0.1, 0.15) is 5.82 Å². The van der Waals surface area contributed by atoms with Gasteiger partial charge in [0.25, 0.3) is 10.0 Å². The fraction of sp³-hybridized carbons (Fsp3) is 0.222. The Morgan fingerprint density at radius 1 is 1.07 bits per heavy atom. The van der Waals surface area contributed by atoms with Crippen molar-refractivity contribution < 1.29 is 31.9 Å². The second-order valence-corrected chi connectivity index (χ2v) is 7.27. The van der Waals surface area contributed by atoms with Crippen molar-refractivity contribution in [2.24, 2.45) is 0 Å². The monoisotopic (exact) mass is 395 g/mol. The zero-order chi connectivity index (χ0) is 20.0. The van der Waals surface area contributed by atoms with Crippen LogP contribution in [0, 0.1) is 5.82 Å². The van der Waals surface area contributed by atoms with Crippen LogP contribution in [0.3, 0.4) is 0 Å². The Kier molecular flexibility index (Phi) is 6.51. The van der Waals surface area contributed by atoms with Gasteiger partial charge >= 0.3 is 11.9 Å². The summed E-state index contributed by atoms with van der Waals surface area (Å²) < 4.78 is 49.1. The molecule has 0 saturated heterocycles. The van der Waals surface area contributed by atoms with Gasteiger partial charge in [0, 0.05) is 5.69 Å². The number of halogens is 1. The molecule has 0 saturated carbocycles. The summed E-state index contributed by atoms with van der Waals surface area (Å²) in [6, 6.07) is 10.5. The Balaban J connectivity index is 1.99. The van der Waals surface area contributed by atoms with Gasteiger partial charge in [-0.25, -0.2) is 17.6 Å². The normalized spacial score (nSPS) is 12.1. The standard InChI is InChI=1S/C18H18FNO6S/c1-12(18(22)25-2)26-17(21)11-13-3-7-15(8-4-13)20-27(23,24)16-9-5-14(19)6-10-16/h3-10,12,20H,11H2,1-2H3/t12-/m1/s1. The molecule has 0 heterocycles. The zero-order valence-corrected chi connectivity index (χ0v) is 15.5. The molecule has 2 rings (SSSR count). The fourth-order valence-corrected chi connectivity index (χ4v) is 3.20. The van der Waals surface area contributed by atoms with Crippen molar-refractivity contribution in [3.63, 3.8) is 0 Å². The van der Waals surface area contributed by atoms with Crippen molar-refractivity contribution in [3.8, 4) is 0 Å². The molecule has 144 valence electrons. The molecule has 0 fully saturated rings. The maximum Gasteiger partial charge on any atom is 0.346 e. The second kappa shape index (κ2) is 8.63. The maximum absolute atomic E-state index is 12.9. The number of carbonyl (C=O) groups is 2. The second-order valence-electron chi connectivity index (χ2n) is 5.59. The minimum Gasteiger partial charge on any atom is -0.466 e. The number of methoxy groups -OCH3 is 1. The van der Waals surface area contributed by atoms with E-state index in [0.29, 0.717) is 5.56 Å². The summed E-state index contributed by atoms with van der Waals surface area (Å²) in [4.78, 5) is 22.9. The molecule has 0 amide bonds. The minimum absolute atomic E-state index is 0.0756. The van der Waals surface area contributed by atoms with E-state index in [0.717, 1.165) is 24.3 Å². The molecular weight excluding hydrogens is 377 g/mol. The molecule has 27 heavy (non-hydrogen) atoms. The van der Waals surface area contributed by atoms with Crippen LogP contribution < -0.4 is 4.72 Å². The minimum atomic E-state index is -3.85. The van der Waals surface area contributed by atoms with E-state index in [9.17, 15) is 22.4 Å². The molecule has 0 aliphatic rings. The predicted molar refractivity (Wildman–Crippen MR) is 94.9 cm³/mol. The topological polar surface area (TPSA) is 98.8 Å². The van der Waals surface area contributed by atoms with Crippen LogP contribution in [0.2, 0.25) is 0 Å². The number of nitrogens with one attached hydrogen (secondary N) is 1. The van der Waals surface area contributed by atoms with Crippen LogP contribution in [0.1, 0.15) is 12.5 Å². The molecule has 9 heteroatoms. The summed E-state index contributed by atoms with van der Waals surface area (Å²) in [6.07, 6.45) is -1.10. The van der Waals surface area contributed by atoms with E-state index in [4.69, 9.17) is 4.74 Å². The van der Waals surface area contributed by atoms with E-state index in [1.807, 2.05) is 0 Å². The Bertz CT molecular complexity index is 910. The van der Waals surface area contributed by atoms with Gasteiger partial charge in [-0.1, -0.05) is 12.1 Å². The fourth-order valence-electron chi connectivity index (χ4n) is 2.14. The van der Waals surface area contributed by atoms with Crippen LogP contribution in [-0.2, 0) is 35.5 Å². The molecule has 2 aromatic carbocycles. The Morgan fingerprint density at radius 2 is 1.67 bits per heavy atom. The molecular formula is C18H18FNO6S. The van der Waals surface area contributed by atoms with Crippen molar-refractivity contribution >= 4 is 27.6 Å². The highest BCUT2D eigenvalue weighted by Gasteiger charge is 2.18. The molecule has 0 aliphatic carbocycles. The van der Waals surface area contributed by atoms with E-state index in [2.05, 4.69) is 9.46 Å². The summed E-state index contributed by atoms with van der Waals surface area (Å²) in [7, 11) is -2.66. The van der Waals surface area contributed by atoms with Gasteiger partial charge in [-0.2, -0.15) is 0 Å². The van der Waals surface area contributed by atoms with E-state index >= 15 is 0 Å². The Labute approximate surface area is 156 Å². The van der Waals surface area contributed by atoms with E-state index in [-0.39, 0.29) is 17.0 Å². The molecule has 1 N–H and O–H groups in total. The third-order valence-electron chi connectivity index (χ3n) is 3.52. The van der Waals surface area contributed by atoms with Gasteiger partial charge in [-0.15, -0.1) is 0 Å². The highest BCUT2D eigenvalue weighted by Crippen LogP contribution is 2.17.